The van der Waals surface area contributed by atoms with Crippen LogP contribution in [0.5, 0.6) is 11.5 Å². The summed E-state index contributed by atoms with van der Waals surface area (Å²) in [5, 5.41) is 19.8. The van der Waals surface area contributed by atoms with E-state index in [0.29, 0.717) is 12.8 Å². The van der Waals surface area contributed by atoms with Gasteiger partial charge < -0.3 is 10.2 Å². The first-order valence-electron chi connectivity index (χ1n) is 5.49. The zero-order valence-corrected chi connectivity index (χ0v) is 10.2. The summed E-state index contributed by atoms with van der Waals surface area (Å²) in [6, 6.07) is 1.24. The van der Waals surface area contributed by atoms with E-state index in [1.807, 2.05) is 6.92 Å². The first kappa shape index (κ1) is 13.2. The van der Waals surface area contributed by atoms with E-state index in [1.165, 1.54) is 19.9 Å². The standard InChI is InChI=1S/C13H16O4/c1-4-5-9-12(16)10(7(2)14)6-11(8(3)15)13(9)17/h6,16-17H,4-5H2,1-3H3. The van der Waals surface area contributed by atoms with E-state index < -0.39 is 0 Å². The molecule has 92 valence electrons. The molecule has 1 aromatic carbocycles. The van der Waals surface area contributed by atoms with Gasteiger partial charge in [0, 0.05) is 5.56 Å². The SMILES string of the molecule is CCCc1c(O)c(C(C)=O)cc(C(C)=O)c1O. The molecule has 0 aromatic heterocycles. The molecule has 0 aliphatic carbocycles. The fourth-order valence-electron chi connectivity index (χ4n) is 1.74. The summed E-state index contributed by atoms with van der Waals surface area (Å²) in [4.78, 5) is 22.7. The van der Waals surface area contributed by atoms with Crippen molar-refractivity contribution in [2.24, 2.45) is 0 Å². The monoisotopic (exact) mass is 236 g/mol. The van der Waals surface area contributed by atoms with Crippen LogP contribution in [-0.2, 0) is 6.42 Å². The summed E-state index contributed by atoms with van der Waals surface area (Å²) in [7, 11) is 0. The van der Waals surface area contributed by atoms with Crippen molar-refractivity contribution in [3.05, 3.63) is 22.8 Å². The number of rotatable bonds is 4. The highest BCUT2D eigenvalue weighted by Gasteiger charge is 2.20. The molecule has 0 saturated carbocycles. The molecule has 0 fully saturated rings. The van der Waals surface area contributed by atoms with Crippen LogP contribution in [0.25, 0.3) is 0 Å². The molecule has 4 nitrogen and oxygen atoms in total. The van der Waals surface area contributed by atoms with Crippen molar-refractivity contribution in [3.63, 3.8) is 0 Å². The van der Waals surface area contributed by atoms with Gasteiger partial charge in [0.15, 0.2) is 11.6 Å². The molecule has 0 spiro atoms. The van der Waals surface area contributed by atoms with Crippen molar-refractivity contribution in [3.8, 4) is 11.5 Å². The maximum absolute atomic E-state index is 11.4. The zero-order valence-electron chi connectivity index (χ0n) is 10.2. The van der Waals surface area contributed by atoms with Crippen LogP contribution in [0.1, 0.15) is 53.5 Å². The average molecular weight is 236 g/mol. The molecule has 0 bridgehead atoms. The highest BCUT2D eigenvalue weighted by atomic mass is 16.3. The molecule has 17 heavy (non-hydrogen) atoms. The van der Waals surface area contributed by atoms with E-state index in [-0.39, 0.29) is 39.8 Å². The lowest BCUT2D eigenvalue weighted by atomic mass is 9.96. The van der Waals surface area contributed by atoms with E-state index >= 15 is 0 Å². The number of hydrogen-bond donors (Lipinski definition) is 2. The Bertz CT molecular complexity index is 437. The predicted octanol–water partition coefficient (Wildman–Crippen LogP) is 2.46. The van der Waals surface area contributed by atoms with Gasteiger partial charge in [-0.15, -0.1) is 0 Å². The molecule has 4 heteroatoms. The lowest BCUT2D eigenvalue weighted by Crippen LogP contribution is -2.03. The number of benzene rings is 1. The van der Waals surface area contributed by atoms with Crippen LogP contribution in [0.3, 0.4) is 0 Å². The maximum Gasteiger partial charge on any atom is 0.163 e. The fraction of sp³-hybridized carbons (Fsp3) is 0.385. The molecule has 0 unspecified atom stereocenters. The van der Waals surface area contributed by atoms with Gasteiger partial charge in [0.25, 0.3) is 0 Å². The van der Waals surface area contributed by atoms with E-state index in [0.717, 1.165) is 0 Å². The molecule has 1 aromatic rings. The Morgan fingerprint density at radius 1 is 1.06 bits per heavy atom. The Hall–Kier alpha value is -1.84. The van der Waals surface area contributed by atoms with Gasteiger partial charge in [-0.05, 0) is 26.3 Å². The Morgan fingerprint density at radius 2 is 1.47 bits per heavy atom. The summed E-state index contributed by atoms with van der Waals surface area (Å²) < 4.78 is 0. The molecule has 0 amide bonds. The van der Waals surface area contributed by atoms with Crippen LogP contribution in [0.15, 0.2) is 6.07 Å². The Kier molecular flexibility index (Phi) is 3.89. The molecular formula is C13H16O4. The second kappa shape index (κ2) is 4.99. The Labute approximate surface area is 99.9 Å². The molecule has 0 saturated heterocycles. The van der Waals surface area contributed by atoms with Crippen molar-refractivity contribution < 1.29 is 19.8 Å². The highest BCUT2D eigenvalue weighted by Crippen LogP contribution is 2.35. The largest absolute Gasteiger partial charge is 0.507 e. The summed E-state index contributed by atoms with van der Waals surface area (Å²) in [6.45, 7) is 4.50. The van der Waals surface area contributed by atoms with Gasteiger partial charge in [-0.3, -0.25) is 9.59 Å². The zero-order chi connectivity index (χ0) is 13.2. The van der Waals surface area contributed by atoms with Crippen molar-refractivity contribution in [1.29, 1.82) is 0 Å². The van der Waals surface area contributed by atoms with Crippen LogP contribution in [0.2, 0.25) is 0 Å². The minimum Gasteiger partial charge on any atom is -0.507 e. The number of carbonyl (C=O) groups excluding carboxylic acids is 2. The number of phenols is 2. The minimum absolute atomic E-state index is 0.0800. The van der Waals surface area contributed by atoms with Crippen LogP contribution in [0.4, 0.5) is 0 Å². The molecule has 0 radical (unpaired) electrons. The summed E-state index contributed by atoms with van der Waals surface area (Å²) >= 11 is 0. The van der Waals surface area contributed by atoms with Gasteiger partial charge in [-0.2, -0.15) is 0 Å². The van der Waals surface area contributed by atoms with E-state index in [9.17, 15) is 19.8 Å². The van der Waals surface area contributed by atoms with Gasteiger partial charge in [0.1, 0.15) is 11.5 Å². The van der Waals surface area contributed by atoms with Gasteiger partial charge in [0.2, 0.25) is 0 Å². The molecule has 0 heterocycles. The molecule has 0 aliphatic rings. The second-order valence-corrected chi connectivity index (χ2v) is 4.01. The maximum atomic E-state index is 11.4. The normalized spacial score (nSPS) is 10.3. The number of Topliss-reactive ketones (excluding diaryl/α,β-unsaturated/α-hetero) is 2. The summed E-state index contributed by atoms with van der Waals surface area (Å²) in [5.41, 5.74) is 0.429. The number of aromatic hydroxyl groups is 2. The smallest absolute Gasteiger partial charge is 0.163 e. The second-order valence-electron chi connectivity index (χ2n) is 4.01. The topological polar surface area (TPSA) is 74.6 Å². The number of hydrogen-bond acceptors (Lipinski definition) is 4. The number of ketones is 2. The Morgan fingerprint density at radius 3 is 1.76 bits per heavy atom. The van der Waals surface area contributed by atoms with E-state index in [2.05, 4.69) is 0 Å². The van der Waals surface area contributed by atoms with E-state index in [4.69, 9.17) is 0 Å². The van der Waals surface area contributed by atoms with Crippen molar-refractivity contribution in [2.75, 3.05) is 0 Å². The van der Waals surface area contributed by atoms with Crippen molar-refractivity contribution in [1.82, 2.24) is 0 Å². The molecule has 1 rings (SSSR count). The summed E-state index contributed by atoms with van der Waals surface area (Å²) in [6.07, 6.45) is 1.11. The number of phenolic OH excluding ortho intramolecular Hbond substituents is 2. The van der Waals surface area contributed by atoms with E-state index in [1.54, 1.807) is 0 Å². The molecule has 0 atom stereocenters. The third-order valence-corrected chi connectivity index (χ3v) is 2.63. The summed E-state index contributed by atoms with van der Waals surface area (Å²) in [5.74, 6) is -1.10. The lowest BCUT2D eigenvalue weighted by Gasteiger charge is -2.12. The van der Waals surface area contributed by atoms with Crippen molar-refractivity contribution >= 4 is 11.6 Å². The molecule has 0 aliphatic heterocycles. The van der Waals surface area contributed by atoms with Gasteiger partial charge in [0.05, 0.1) is 11.1 Å². The fourth-order valence-corrected chi connectivity index (χ4v) is 1.74. The Balaban J connectivity index is 3.57. The first-order chi connectivity index (χ1) is 7.90. The first-order valence-corrected chi connectivity index (χ1v) is 5.49. The highest BCUT2D eigenvalue weighted by molar-refractivity contribution is 6.03. The number of carbonyl (C=O) groups is 2. The van der Waals surface area contributed by atoms with Crippen LogP contribution >= 0.6 is 0 Å². The van der Waals surface area contributed by atoms with Crippen LogP contribution in [0, 0.1) is 0 Å². The van der Waals surface area contributed by atoms with Crippen LogP contribution in [-0.4, -0.2) is 21.8 Å². The third kappa shape index (κ3) is 2.46. The minimum atomic E-state index is -0.331. The van der Waals surface area contributed by atoms with Gasteiger partial charge >= 0.3 is 0 Å². The third-order valence-electron chi connectivity index (χ3n) is 2.63. The average Bonchev–Trinajstić information content (AvgIpc) is 2.23. The predicted molar refractivity (Wildman–Crippen MR) is 63.8 cm³/mol. The van der Waals surface area contributed by atoms with Gasteiger partial charge in [-0.1, -0.05) is 13.3 Å². The van der Waals surface area contributed by atoms with Gasteiger partial charge in [-0.25, -0.2) is 0 Å². The quantitative estimate of drug-likeness (QED) is 0.787. The molecule has 2 N–H and O–H groups in total. The van der Waals surface area contributed by atoms with Crippen LogP contribution < -0.4 is 0 Å². The lowest BCUT2D eigenvalue weighted by molar-refractivity contribution is 0.101. The molecular weight excluding hydrogens is 220 g/mol. The van der Waals surface area contributed by atoms with Crippen molar-refractivity contribution in [2.45, 2.75) is 33.6 Å².